The van der Waals surface area contributed by atoms with E-state index in [9.17, 15) is 9.18 Å². The molecule has 1 aliphatic rings. The van der Waals surface area contributed by atoms with Gasteiger partial charge in [-0.05, 0) is 48.5 Å². The van der Waals surface area contributed by atoms with Gasteiger partial charge >= 0.3 is 0 Å². The third-order valence-corrected chi connectivity index (χ3v) is 4.61. The van der Waals surface area contributed by atoms with Gasteiger partial charge in [0.05, 0.1) is 5.69 Å². The number of nitrogens with zero attached hydrogens (tertiary/aromatic N) is 5. The van der Waals surface area contributed by atoms with Crippen molar-refractivity contribution in [3.63, 3.8) is 0 Å². The molecule has 1 aromatic carbocycles. The summed E-state index contributed by atoms with van der Waals surface area (Å²) in [6, 6.07) is 13.3. The summed E-state index contributed by atoms with van der Waals surface area (Å²) in [5.74, 6) is 0.376. The van der Waals surface area contributed by atoms with Gasteiger partial charge in [0.2, 0.25) is 0 Å². The van der Waals surface area contributed by atoms with Crippen LogP contribution >= 0.6 is 0 Å². The number of amides is 1. The Balaban J connectivity index is 1.39. The molecule has 0 spiro atoms. The highest BCUT2D eigenvalue weighted by Crippen LogP contribution is 2.19. The lowest BCUT2D eigenvalue weighted by atomic mass is 10.1. The molecule has 1 amide bonds. The van der Waals surface area contributed by atoms with E-state index < -0.39 is 0 Å². The molecule has 1 saturated heterocycles. The Hall–Kier alpha value is -3.35. The second-order valence-electron chi connectivity index (χ2n) is 6.30. The number of rotatable bonds is 3. The smallest absolute Gasteiger partial charge is 0.253 e. The van der Waals surface area contributed by atoms with E-state index in [1.165, 1.54) is 24.3 Å². The van der Waals surface area contributed by atoms with E-state index in [1.807, 2.05) is 24.3 Å². The number of carbonyl (C=O) groups excluding carboxylic acids is 1. The van der Waals surface area contributed by atoms with Crippen LogP contribution in [-0.2, 0) is 0 Å². The van der Waals surface area contributed by atoms with E-state index in [0.29, 0.717) is 31.7 Å². The van der Waals surface area contributed by atoms with Gasteiger partial charge in [0.15, 0.2) is 5.82 Å². The molecular formula is C20H18FN5O. The summed E-state index contributed by atoms with van der Waals surface area (Å²) in [5, 5.41) is 8.63. The maximum absolute atomic E-state index is 13.0. The first-order valence-electron chi connectivity index (χ1n) is 8.74. The Bertz CT molecular complexity index is 907. The highest BCUT2D eigenvalue weighted by Gasteiger charge is 2.23. The van der Waals surface area contributed by atoms with Crippen LogP contribution in [0.1, 0.15) is 10.4 Å². The number of aromatic nitrogens is 3. The van der Waals surface area contributed by atoms with Gasteiger partial charge in [-0.25, -0.2) is 4.39 Å². The van der Waals surface area contributed by atoms with Crippen LogP contribution in [0, 0.1) is 5.82 Å². The molecule has 136 valence electrons. The van der Waals surface area contributed by atoms with Crippen LogP contribution in [-0.4, -0.2) is 52.2 Å². The molecule has 0 atom stereocenters. The van der Waals surface area contributed by atoms with Crippen molar-refractivity contribution in [1.29, 1.82) is 0 Å². The first-order valence-corrected chi connectivity index (χ1v) is 8.74. The summed E-state index contributed by atoms with van der Waals surface area (Å²) in [6.45, 7) is 2.53. The van der Waals surface area contributed by atoms with Crippen LogP contribution in [0.4, 0.5) is 10.2 Å². The Morgan fingerprint density at radius 3 is 2.19 bits per heavy atom. The van der Waals surface area contributed by atoms with Gasteiger partial charge in [-0.15, -0.1) is 10.2 Å². The van der Waals surface area contributed by atoms with Gasteiger partial charge in [-0.1, -0.05) is 0 Å². The molecule has 6 nitrogen and oxygen atoms in total. The maximum atomic E-state index is 13.0. The molecule has 2 aromatic heterocycles. The van der Waals surface area contributed by atoms with E-state index in [0.717, 1.165) is 17.1 Å². The van der Waals surface area contributed by atoms with Crippen molar-refractivity contribution >= 4 is 11.7 Å². The van der Waals surface area contributed by atoms with Crippen molar-refractivity contribution < 1.29 is 9.18 Å². The second-order valence-corrected chi connectivity index (χ2v) is 6.30. The third kappa shape index (κ3) is 3.76. The average molecular weight is 363 g/mol. The van der Waals surface area contributed by atoms with Crippen molar-refractivity contribution in [3.8, 4) is 11.3 Å². The third-order valence-electron chi connectivity index (χ3n) is 4.61. The molecule has 7 heteroatoms. The van der Waals surface area contributed by atoms with Crippen LogP contribution < -0.4 is 4.90 Å². The van der Waals surface area contributed by atoms with Crippen LogP contribution in [0.25, 0.3) is 11.3 Å². The van der Waals surface area contributed by atoms with Crippen molar-refractivity contribution in [2.45, 2.75) is 0 Å². The van der Waals surface area contributed by atoms with Crippen molar-refractivity contribution in [2.24, 2.45) is 0 Å². The molecule has 27 heavy (non-hydrogen) atoms. The van der Waals surface area contributed by atoms with E-state index in [2.05, 4.69) is 20.1 Å². The van der Waals surface area contributed by atoms with Crippen LogP contribution in [0.15, 0.2) is 60.9 Å². The minimum atomic E-state index is -0.342. The van der Waals surface area contributed by atoms with Gasteiger partial charge < -0.3 is 9.80 Å². The lowest BCUT2D eigenvalue weighted by Gasteiger charge is -2.35. The summed E-state index contributed by atoms with van der Waals surface area (Å²) in [6.07, 6.45) is 3.45. The van der Waals surface area contributed by atoms with E-state index in [4.69, 9.17) is 0 Å². The number of hydrogen-bond acceptors (Lipinski definition) is 5. The monoisotopic (exact) mass is 363 g/mol. The average Bonchev–Trinajstić information content (AvgIpc) is 2.75. The number of carbonyl (C=O) groups is 1. The summed E-state index contributed by atoms with van der Waals surface area (Å²) < 4.78 is 13.0. The summed E-state index contributed by atoms with van der Waals surface area (Å²) in [7, 11) is 0. The van der Waals surface area contributed by atoms with Crippen molar-refractivity contribution in [2.75, 3.05) is 31.1 Å². The molecule has 0 bridgehead atoms. The number of piperazine rings is 1. The first kappa shape index (κ1) is 17.1. The van der Waals surface area contributed by atoms with Crippen molar-refractivity contribution in [1.82, 2.24) is 20.1 Å². The van der Waals surface area contributed by atoms with Gasteiger partial charge in [0.25, 0.3) is 5.91 Å². The van der Waals surface area contributed by atoms with Gasteiger partial charge in [-0.3, -0.25) is 9.78 Å². The van der Waals surface area contributed by atoms with E-state index >= 15 is 0 Å². The zero-order valence-corrected chi connectivity index (χ0v) is 14.6. The van der Waals surface area contributed by atoms with Gasteiger partial charge in [0.1, 0.15) is 5.82 Å². The highest BCUT2D eigenvalue weighted by atomic mass is 19.1. The molecule has 0 radical (unpaired) electrons. The van der Waals surface area contributed by atoms with E-state index in [1.54, 1.807) is 17.3 Å². The Morgan fingerprint density at radius 2 is 1.56 bits per heavy atom. The molecule has 3 heterocycles. The highest BCUT2D eigenvalue weighted by molar-refractivity contribution is 5.94. The standard InChI is InChI=1S/C20H18FN5O/c21-17-3-1-16(2-4-17)20(27)26-13-11-25(12-14-26)19-6-5-18(23-24-19)15-7-9-22-10-8-15/h1-10H,11-14H2. The maximum Gasteiger partial charge on any atom is 0.253 e. The summed E-state index contributed by atoms with van der Waals surface area (Å²) >= 11 is 0. The predicted octanol–water partition coefficient (Wildman–Crippen LogP) is 2.64. The molecule has 0 aliphatic carbocycles. The van der Waals surface area contributed by atoms with Crippen LogP contribution in [0.3, 0.4) is 0 Å². The Labute approximate surface area is 156 Å². The summed E-state index contributed by atoms with van der Waals surface area (Å²) in [4.78, 5) is 20.4. The molecular weight excluding hydrogens is 345 g/mol. The fourth-order valence-electron chi connectivity index (χ4n) is 3.08. The SMILES string of the molecule is O=C(c1ccc(F)cc1)N1CCN(c2ccc(-c3ccncc3)nn2)CC1. The number of benzene rings is 1. The topological polar surface area (TPSA) is 62.2 Å². The number of pyridine rings is 1. The Morgan fingerprint density at radius 1 is 0.852 bits per heavy atom. The first-order chi connectivity index (χ1) is 13.2. The minimum absolute atomic E-state index is 0.0752. The quantitative estimate of drug-likeness (QED) is 0.716. The number of anilines is 1. The molecule has 0 N–H and O–H groups in total. The van der Waals surface area contributed by atoms with Crippen LogP contribution in [0.2, 0.25) is 0 Å². The zero-order valence-electron chi connectivity index (χ0n) is 14.6. The lowest BCUT2D eigenvalue weighted by molar-refractivity contribution is 0.0746. The molecule has 3 aromatic rings. The Kier molecular flexibility index (Phi) is 4.74. The molecule has 1 fully saturated rings. The van der Waals surface area contributed by atoms with Crippen LogP contribution in [0.5, 0.6) is 0 Å². The van der Waals surface area contributed by atoms with Gasteiger partial charge in [0, 0.05) is 49.7 Å². The normalized spacial score (nSPS) is 14.3. The zero-order chi connectivity index (χ0) is 18.6. The second kappa shape index (κ2) is 7.49. The molecule has 4 rings (SSSR count). The summed E-state index contributed by atoms with van der Waals surface area (Å²) in [5.41, 5.74) is 2.27. The molecule has 1 aliphatic heterocycles. The van der Waals surface area contributed by atoms with Gasteiger partial charge in [-0.2, -0.15) is 0 Å². The number of hydrogen-bond donors (Lipinski definition) is 0. The fraction of sp³-hybridized carbons (Fsp3) is 0.200. The predicted molar refractivity (Wildman–Crippen MR) is 99.8 cm³/mol. The minimum Gasteiger partial charge on any atom is -0.352 e. The lowest BCUT2D eigenvalue weighted by Crippen LogP contribution is -2.49. The van der Waals surface area contributed by atoms with E-state index in [-0.39, 0.29) is 11.7 Å². The fourth-order valence-corrected chi connectivity index (χ4v) is 3.08. The van der Waals surface area contributed by atoms with Crippen molar-refractivity contribution in [3.05, 3.63) is 72.3 Å². The largest absolute Gasteiger partial charge is 0.352 e. The molecule has 0 unspecified atom stereocenters. The number of halogens is 1. The molecule has 0 saturated carbocycles.